The summed E-state index contributed by atoms with van der Waals surface area (Å²) in [5.74, 6) is -0.843. The van der Waals surface area contributed by atoms with Crippen molar-refractivity contribution in [1.29, 1.82) is 0 Å². The maximum Gasteiger partial charge on any atom is 0.324 e. The summed E-state index contributed by atoms with van der Waals surface area (Å²) in [6, 6.07) is 36.3. The standard InChI is InChI=1S/C33H27NO4/c35-30-19-26-29(38-30)20-34(31(26)32(36)37-21-22-11-3-1-4-12-22)33(23-13-5-2-6-14-23)27-17-9-7-15-24(27)25-16-8-10-18-28(25)33/h1-18,26,29,31H,19-21H2/t26-,29-,31+/m1/s1. The summed E-state index contributed by atoms with van der Waals surface area (Å²) >= 11 is 0. The first kappa shape index (κ1) is 22.9. The van der Waals surface area contributed by atoms with Gasteiger partial charge in [0.25, 0.3) is 0 Å². The molecule has 188 valence electrons. The Labute approximate surface area is 221 Å². The molecule has 0 radical (unpaired) electrons. The summed E-state index contributed by atoms with van der Waals surface area (Å²) in [4.78, 5) is 28.6. The van der Waals surface area contributed by atoms with Crippen molar-refractivity contribution in [2.75, 3.05) is 6.54 Å². The lowest BCUT2D eigenvalue weighted by molar-refractivity contribution is -0.153. The molecule has 2 heterocycles. The van der Waals surface area contributed by atoms with Gasteiger partial charge >= 0.3 is 11.9 Å². The predicted octanol–water partition coefficient (Wildman–Crippen LogP) is 5.32. The van der Waals surface area contributed by atoms with Gasteiger partial charge in [0.15, 0.2) is 0 Å². The van der Waals surface area contributed by atoms with Crippen molar-refractivity contribution in [3.63, 3.8) is 0 Å². The highest BCUT2D eigenvalue weighted by atomic mass is 16.6. The van der Waals surface area contributed by atoms with Crippen LogP contribution in [0.4, 0.5) is 0 Å². The number of benzene rings is 4. The van der Waals surface area contributed by atoms with Crippen LogP contribution in [0, 0.1) is 5.92 Å². The van der Waals surface area contributed by atoms with Crippen LogP contribution in [0.1, 0.15) is 28.7 Å². The molecule has 2 saturated heterocycles. The second-order valence-electron chi connectivity index (χ2n) is 10.3. The highest BCUT2D eigenvalue weighted by Gasteiger charge is 2.61. The van der Waals surface area contributed by atoms with E-state index in [1.165, 1.54) is 0 Å². The fraction of sp³-hybridized carbons (Fsp3) is 0.212. The molecule has 7 rings (SSSR count). The number of hydrogen-bond donors (Lipinski definition) is 0. The van der Waals surface area contributed by atoms with Gasteiger partial charge in [0.2, 0.25) is 0 Å². The molecule has 3 atom stereocenters. The number of rotatable bonds is 5. The number of esters is 2. The minimum atomic E-state index is -0.734. The first-order chi connectivity index (χ1) is 18.7. The molecule has 2 fully saturated rings. The zero-order valence-electron chi connectivity index (χ0n) is 20.8. The van der Waals surface area contributed by atoms with Crippen molar-refractivity contribution in [1.82, 2.24) is 4.90 Å². The molecule has 0 saturated carbocycles. The van der Waals surface area contributed by atoms with Crippen LogP contribution < -0.4 is 0 Å². The number of fused-ring (bicyclic) bond motifs is 4. The molecular weight excluding hydrogens is 474 g/mol. The van der Waals surface area contributed by atoms with Crippen molar-refractivity contribution in [2.45, 2.75) is 30.7 Å². The lowest BCUT2D eigenvalue weighted by atomic mass is 9.78. The quantitative estimate of drug-likeness (QED) is 0.347. The molecule has 0 unspecified atom stereocenters. The summed E-state index contributed by atoms with van der Waals surface area (Å²) in [6.45, 7) is 0.626. The third-order valence-corrected chi connectivity index (χ3v) is 8.29. The monoisotopic (exact) mass is 501 g/mol. The molecule has 0 N–H and O–H groups in total. The molecule has 0 bridgehead atoms. The summed E-state index contributed by atoms with van der Waals surface area (Å²) < 4.78 is 11.7. The number of nitrogens with zero attached hydrogens (tertiary/aromatic N) is 1. The van der Waals surface area contributed by atoms with Crippen LogP contribution in [-0.2, 0) is 31.2 Å². The number of likely N-dealkylation sites (tertiary alicyclic amines) is 1. The molecular formula is C33H27NO4. The van der Waals surface area contributed by atoms with Gasteiger partial charge in [-0.05, 0) is 33.4 Å². The molecule has 0 aromatic heterocycles. The van der Waals surface area contributed by atoms with E-state index >= 15 is 0 Å². The number of carbonyl (C=O) groups excluding carboxylic acids is 2. The van der Waals surface area contributed by atoms with Crippen LogP contribution in [-0.4, -0.2) is 35.5 Å². The summed E-state index contributed by atoms with van der Waals surface area (Å²) in [5.41, 5.74) is 5.82. The molecule has 5 heteroatoms. The molecule has 38 heavy (non-hydrogen) atoms. The van der Waals surface area contributed by atoms with Gasteiger partial charge in [-0.2, -0.15) is 0 Å². The molecule has 4 aromatic rings. The number of carbonyl (C=O) groups is 2. The second kappa shape index (κ2) is 8.96. The fourth-order valence-electron chi connectivity index (χ4n) is 6.79. The Balaban J connectivity index is 1.40. The lowest BCUT2D eigenvalue weighted by Gasteiger charge is -2.44. The molecule has 1 aliphatic carbocycles. The van der Waals surface area contributed by atoms with Gasteiger partial charge < -0.3 is 9.47 Å². The number of ether oxygens (including phenoxy) is 2. The average molecular weight is 502 g/mol. The van der Waals surface area contributed by atoms with Gasteiger partial charge in [0.05, 0.1) is 12.0 Å². The predicted molar refractivity (Wildman–Crippen MR) is 143 cm³/mol. The van der Waals surface area contributed by atoms with Gasteiger partial charge in [0.1, 0.15) is 18.8 Å². The zero-order valence-corrected chi connectivity index (χ0v) is 20.8. The Kier molecular flexibility index (Phi) is 5.41. The van der Waals surface area contributed by atoms with Crippen LogP contribution in [0.25, 0.3) is 11.1 Å². The molecule has 0 amide bonds. The maximum absolute atomic E-state index is 14.0. The van der Waals surface area contributed by atoms with Crippen molar-refractivity contribution in [3.05, 3.63) is 131 Å². The molecule has 4 aromatic carbocycles. The summed E-state index contributed by atoms with van der Waals surface area (Å²) in [7, 11) is 0. The van der Waals surface area contributed by atoms with E-state index in [9.17, 15) is 9.59 Å². The summed E-state index contributed by atoms with van der Waals surface area (Å²) in [5, 5.41) is 0. The highest BCUT2D eigenvalue weighted by Crippen LogP contribution is 2.57. The Bertz CT molecular complexity index is 1470. The highest BCUT2D eigenvalue weighted by molar-refractivity contribution is 5.86. The van der Waals surface area contributed by atoms with Crippen molar-refractivity contribution in [3.8, 4) is 11.1 Å². The molecule has 0 spiro atoms. The third kappa shape index (κ3) is 3.35. The van der Waals surface area contributed by atoms with Gasteiger partial charge in [-0.15, -0.1) is 0 Å². The van der Waals surface area contributed by atoms with Crippen molar-refractivity contribution >= 4 is 11.9 Å². The second-order valence-corrected chi connectivity index (χ2v) is 10.3. The van der Waals surface area contributed by atoms with Crippen LogP contribution in [0.15, 0.2) is 109 Å². The van der Waals surface area contributed by atoms with E-state index in [4.69, 9.17) is 9.47 Å². The van der Waals surface area contributed by atoms with Gasteiger partial charge in [-0.1, -0.05) is 109 Å². The third-order valence-electron chi connectivity index (χ3n) is 8.29. The Hall–Kier alpha value is -4.22. The minimum Gasteiger partial charge on any atom is -0.461 e. The topological polar surface area (TPSA) is 55.8 Å². The first-order valence-electron chi connectivity index (χ1n) is 13.1. The maximum atomic E-state index is 14.0. The number of hydrogen-bond acceptors (Lipinski definition) is 5. The lowest BCUT2D eigenvalue weighted by Crippen LogP contribution is -2.53. The van der Waals surface area contributed by atoms with E-state index in [-0.39, 0.29) is 37.0 Å². The Morgan fingerprint density at radius 1 is 0.816 bits per heavy atom. The minimum absolute atomic E-state index is 0.182. The van der Waals surface area contributed by atoms with E-state index in [0.29, 0.717) is 6.54 Å². The van der Waals surface area contributed by atoms with Crippen molar-refractivity contribution in [2.24, 2.45) is 5.92 Å². The van der Waals surface area contributed by atoms with E-state index in [1.807, 2.05) is 48.5 Å². The molecule has 2 aliphatic heterocycles. The van der Waals surface area contributed by atoms with Gasteiger partial charge in [-0.3, -0.25) is 14.5 Å². The first-order valence-corrected chi connectivity index (χ1v) is 13.1. The Morgan fingerprint density at radius 3 is 2.05 bits per heavy atom. The summed E-state index contributed by atoms with van der Waals surface area (Å²) in [6.07, 6.45) is -0.155. The normalized spacial score (nSPS) is 22.8. The van der Waals surface area contributed by atoms with E-state index in [0.717, 1.165) is 33.4 Å². The van der Waals surface area contributed by atoms with Crippen molar-refractivity contribution < 1.29 is 19.1 Å². The zero-order chi connectivity index (χ0) is 25.7. The molecule has 3 aliphatic rings. The van der Waals surface area contributed by atoms with Crippen LogP contribution in [0.2, 0.25) is 0 Å². The van der Waals surface area contributed by atoms with E-state index in [1.54, 1.807) is 0 Å². The average Bonchev–Trinajstić information content (AvgIpc) is 3.59. The van der Waals surface area contributed by atoms with E-state index in [2.05, 4.69) is 65.6 Å². The largest absolute Gasteiger partial charge is 0.461 e. The van der Waals surface area contributed by atoms with Crippen LogP contribution in [0.3, 0.4) is 0 Å². The van der Waals surface area contributed by atoms with E-state index < -0.39 is 11.6 Å². The van der Waals surface area contributed by atoms with Crippen LogP contribution >= 0.6 is 0 Å². The van der Waals surface area contributed by atoms with Gasteiger partial charge in [-0.25, -0.2) is 0 Å². The smallest absolute Gasteiger partial charge is 0.324 e. The Morgan fingerprint density at radius 2 is 1.39 bits per heavy atom. The van der Waals surface area contributed by atoms with Crippen LogP contribution in [0.5, 0.6) is 0 Å². The fourth-order valence-corrected chi connectivity index (χ4v) is 6.79. The SMILES string of the molecule is O=C1C[C@H]2[C@@H](C(=O)OCc3ccccc3)N(C3(c4ccccc4)c4ccccc4-c4ccccc43)C[C@H]2O1. The van der Waals surface area contributed by atoms with Gasteiger partial charge in [0, 0.05) is 12.5 Å². The molecule has 5 nitrogen and oxygen atoms in total.